The molecule has 3 aromatic rings. The van der Waals surface area contributed by atoms with Crippen molar-refractivity contribution in [1.29, 1.82) is 0 Å². The van der Waals surface area contributed by atoms with Gasteiger partial charge in [0.25, 0.3) is 11.8 Å². The summed E-state index contributed by atoms with van der Waals surface area (Å²) in [5.41, 5.74) is 3.62. The molecule has 4 rings (SSSR count). The molecule has 0 aromatic heterocycles. The van der Waals surface area contributed by atoms with E-state index in [9.17, 15) is 9.59 Å². The summed E-state index contributed by atoms with van der Waals surface area (Å²) in [7, 11) is 0. The normalized spacial score (nSPS) is 15.8. The van der Waals surface area contributed by atoms with Crippen LogP contribution in [0.15, 0.2) is 72.3 Å². The molecule has 29 heavy (non-hydrogen) atoms. The van der Waals surface area contributed by atoms with E-state index in [0.717, 1.165) is 10.8 Å². The number of ether oxygens (including phenoxy) is 1. The van der Waals surface area contributed by atoms with E-state index in [-0.39, 0.29) is 5.57 Å². The van der Waals surface area contributed by atoms with Crippen molar-refractivity contribution < 1.29 is 14.3 Å². The summed E-state index contributed by atoms with van der Waals surface area (Å²) in [5, 5.41) is 3.19. The Kier molecular flexibility index (Phi) is 4.59. The van der Waals surface area contributed by atoms with Crippen LogP contribution < -0.4 is 15.2 Å². The minimum absolute atomic E-state index is 0.0731. The van der Waals surface area contributed by atoms with E-state index in [2.05, 4.69) is 5.43 Å². The number of rotatable bonds is 3. The molecule has 1 aliphatic heterocycles. The van der Waals surface area contributed by atoms with Crippen LogP contribution in [-0.4, -0.2) is 17.4 Å². The van der Waals surface area contributed by atoms with Crippen molar-refractivity contribution in [1.82, 2.24) is 5.43 Å². The van der Waals surface area contributed by atoms with E-state index in [1.807, 2.05) is 75.4 Å². The van der Waals surface area contributed by atoms with E-state index in [1.54, 1.807) is 18.2 Å². The number of hydrogen-bond donors (Lipinski definition) is 1. The molecule has 0 aliphatic carbocycles. The fourth-order valence-electron chi connectivity index (χ4n) is 3.30. The number of fused-ring (bicyclic) bond motifs is 1. The zero-order chi connectivity index (χ0) is 20.6. The molecule has 0 unspecified atom stereocenters. The molecule has 1 N–H and O–H groups in total. The molecule has 146 valence electrons. The molecular formula is C24H22N2O3. The number of nitrogens with one attached hydrogen (secondary N) is 1. The van der Waals surface area contributed by atoms with Crippen LogP contribution in [0.3, 0.4) is 0 Å². The molecule has 1 aliphatic rings. The Morgan fingerprint density at radius 3 is 2.31 bits per heavy atom. The Balaban J connectivity index is 1.84. The van der Waals surface area contributed by atoms with Gasteiger partial charge < -0.3 is 4.74 Å². The highest BCUT2D eigenvalue weighted by Gasteiger charge is 2.34. The molecule has 3 aromatic carbocycles. The Hall–Kier alpha value is -3.60. The van der Waals surface area contributed by atoms with Gasteiger partial charge in [-0.1, -0.05) is 48.5 Å². The summed E-state index contributed by atoms with van der Waals surface area (Å²) in [6.45, 7) is 5.89. The number of hydrazine groups is 1. The minimum Gasteiger partial charge on any atom is -0.488 e. The van der Waals surface area contributed by atoms with Crippen LogP contribution in [0.4, 0.5) is 5.69 Å². The van der Waals surface area contributed by atoms with Crippen molar-refractivity contribution in [2.24, 2.45) is 0 Å². The smallest absolute Gasteiger partial charge is 0.282 e. The quantitative estimate of drug-likeness (QED) is 0.533. The second kappa shape index (κ2) is 7.09. The van der Waals surface area contributed by atoms with Gasteiger partial charge in [-0.05, 0) is 55.8 Å². The molecule has 0 bridgehead atoms. The van der Waals surface area contributed by atoms with E-state index >= 15 is 0 Å². The van der Waals surface area contributed by atoms with Crippen LogP contribution in [0.2, 0.25) is 0 Å². The zero-order valence-corrected chi connectivity index (χ0v) is 16.6. The number of para-hydroxylation sites is 1. The van der Waals surface area contributed by atoms with Gasteiger partial charge in [0.15, 0.2) is 0 Å². The van der Waals surface area contributed by atoms with Crippen molar-refractivity contribution >= 4 is 34.4 Å². The second-order valence-electron chi connectivity index (χ2n) is 7.89. The van der Waals surface area contributed by atoms with Gasteiger partial charge in [0.1, 0.15) is 16.9 Å². The first kappa shape index (κ1) is 18.7. The maximum absolute atomic E-state index is 13.0. The van der Waals surface area contributed by atoms with Gasteiger partial charge in [-0.3, -0.25) is 15.0 Å². The van der Waals surface area contributed by atoms with Gasteiger partial charge in [0, 0.05) is 5.56 Å². The van der Waals surface area contributed by atoms with E-state index in [4.69, 9.17) is 4.74 Å². The predicted octanol–water partition coefficient (Wildman–Crippen LogP) is 4.48. The first-order valence-corrected chi connectivity index (χ1v) is 9.46. The standard InChI is InChI=1S/C24H22N2O3/c1-24(2,3)29-21-14-13-16-9-7-8-12-18(16)19(21)15-20-22(27)25-26(23(20)28)17-10-5-4-6-11-17/h4-15H,1-3H3,(H,25,27). The number of hydrogen-bond acceptors (Lipinski definition) is 3. The maximum Gasteiger partial charge on any atom is 0.282 e. The third-order valence-electron chi connectivity index (χ3n) is 4.54. The van der Waals surface area contributed by atoms with E-state index in [1.165, 1.54) is 5.01 Å². The van der Waals surface area contributed by atoms with Gasteiger partial charge >= 0.3 is 0 Å². The molecule has 5 nitrogen and oxygen atoms in total. The second-order valence-corrected chi connectivity index (χ2v) is 7.89. The third kappa shape index (κ3) is 3.72. The van der Waals surface area contributed by atoms with Gasteiger partial charge in [-0.15, -0.1) is 0 Å². The van der Waals surface area contributed by atoms with Crippen LogP contribution in [0.1, 0.15) is 26.3 Å². The SMILES string of the molecule is CC(C)(C)Oc1ccc2ccccc2c1C=C1C(=O)NN(c2ccccc2)C1=O. The summed E-state index contributed by atoms with van der Waals surface area (Å²) in [5.74, 6) is -0.202. The summed E-state index contributed by atoms with van der Waals surface area (Å²) in [4.78, 5) is 25.6. The number of benzene rings is 3. The molecule has 0 radical (unpaired) electrons. The van der Waals surface area contributed by atoms with Crippen LogP contribution in [0.5, 0.6) is 5.75 Å². The van der Waals surface area contributed by atoms with Crippen molar-refractivity contribution in [3.63, 3.8) is 0 Å². The van der Waals surface area contributed by atoms with Crippen LogP contribution in [-0.2, 0) is 9.59 Å². The van der Waals surface area contributed by atoms with E-state index in [0.29, 0.717) is 17.0 Å². The zero-order valence-electron chi connectivity index (χ0n) is 16.6. The Labute approximate surface area is 169 Å². The van der Waals surface area contributed by atoms with Gasteiger partial charge in [0.2, 0.25) is 0 Å². The highest BCUT2D eigenvalue weighted by Crippen LogP contribution is 2.33. The largest absolute Gasteiger partial charge is 0.488 e. The van der Waals surface area contributed by atoms with Crippen molar-refractivity contribution in [3.05, 3.63) is 77.9 Å². The highest BCUT2D eigenvalue weighted by molar-refractivity contribution is 6.32. The molecule has 0 spiro atoms. The third-order valence-corrected chi connectivity index (χ3v) is 4.54. The molecule has 1 heterocycles. The average Bonchev–Trinajstić information content (AvgIpc) is 2.97. The lowest BCUT2D eigenvalue weighted by Gasteiger charge is -2.23. The van der Waals surface area contributed by atoms with Crippen molar-refractivity contribution in [2.45, 2.75) is 26.4 Å². The molecule has 2 amide bonds. The molecule has 1 saturated heterocycles. The summed E-state index contributed by atoms with van der Waals surface area (Å²) in [6.07, 6.45) is 1.63. The van der Waals surface area contributed by atoms with Gasteiger partial charge in [0.05, 0.1) is 5.69 Å². The average molecular weight is 386 g/mol. The van der Waals surface area contributed by atoms with Crippen LogP contribution in [0.25, 0.3) is 16.8 Å². The van der Waals surface area contributed by atoms with Crippen molar-refractivity contribution in [2.75, 3.05) is 5.01 Å². The molecule has 1 fully saturated rings. The Morgan fingerprint density at radius 1 is 0.897 bits per heavy atom. The highest BCUT2D eigenvalue weighted by atomic mass is 16.5. The summed E-state index contributed by atoms with van der Waals surface area (Å²) >= 11 is 0. The summed E-state index contributed by atoms with van der Waals surface area (Å²) < 4.78 is 6.13. The molecule has 0 saturated carbocycles. The number of nitrogens with zero attached hydrogens (tertiary/aromatic N) is 1. The maximum atomic E-state index is 13.0. The first-order chi connectivity index (χ1) is 13.8. The number of amides is 2. The fourth-order valence-corrected chi connectivity index (χ4v) is 3.30. The Bertz CT molecular complexity index is 1130. The number of carbonyl (C=O) groups excluding carboxylic acids is 2. The van der Waals surface area contributed by atoms with E-state index < -0.39 is 17.4 Å². The lowest BCUT2D eigenvalue weighted by molar-refractivity contribution is -0.117. The Morgan fingerprint density at radius 2 is 1.59 bits per heavy atom. The number of carbonyl (C=O) groups is 2. The molecule has 0 atom stereocenters. The molecular weight excluding hydrogens is 364 g/mol. The van der Waals surface area contributed by atoms with Crippen LogP contribution >= 0.6 is 0 Å². The first-order valence-electron chi connectivity index (χ1n) is 9.46. The monoisotopic (exact) mass is 386 g/mol. The predicted molar refractivity (Wildman–Crippen MR) is 114 cm³/mol. The minimum atomic E-state index is -0.437. The topological polar surface area (TPSA) is 58.6 Å². The van der Waals surface area contributed by atoms with Gasteiger partial charge in [-0.2, -0.15) is 0 Å². The number of anilines is 1. The van der Waals surface area contributed by atoms with Gasteiger partial charge in [-0.25, -0.2) is 5.01 Å². The summed E-state index contributed by atoms with van der Waals surface area (Å²) in [6, 6.07) is 20.7. The molecule has 5 heteroatoms. The lowest BCUT2D eigenvalue weighted by Crippen LogP contribution is -2.35. The van der Waals surface area contributed by atoms with Crippen molar-refractivity contribution in [3.8, 4) is 5.75 Å². The lowest BCUT2D eigenvalue weighted by atomic mass is 10.0. The van der Waals surface area contributed by atoms with Crippen LogP contribution in [0, 0.1) is 0 Å². The fraction of sp³-hybridized carbons (Fsp3) is 0.167.